The van der Waals surface area contributed by atoms with Gasteiger partial charge in [0.25, 0.3) is 0 Å². The van der Waals surface area contributed by atoms with Crippen LogP contribution in [0.4, 0.5) is 17.6 Å². The molecule has 0 aromatic heterocycles. The molecule has 8 heteroatoms. The molecule has 0 saturated heterocycles. The molecule has 120 valence electrons. The third-order valence-corrected chi connectivity index (χ3v) is 2.46. The average molecular weight is 320 g/mol. The Morgan fingerprint density at radius 2 is 1.68 bits per heavy atom. The number of ketones is 1. The van der Waals surface area contributed by atoms with Gasteiger partial charge in [0.05, 0.1) is 18.8 Å². The summed E-state index contributed by atoms with van der Waals surface area (Å²) in [6.07, 6.45) is 0.693. The summed E-state index contributed by atoms with van der Waals surface area (Å²) in [5, 5.41) is 0. The Labute approximate surface area is 123 Å². The Bertz CT molecular complexity index is 626. The van der Waals surface area contributed by atoms with Gasteiger partial charge in [-0.15, -0.1) is 0 Å². The van der Waals surface area contributed by atoms with Crippen molar-refractivity contribution in [3.8, 4) is 0 Å². The zero-order chi connectivity index (χ0) is 16.9. The van der Waals surface area contributed by atoms with Gasteiger partial charge in [-0.3, -0.25) is 4.79 Å². The van der Waals surface area contributed by atoms with Crippen molar-refractivity contribution in [2.24, 2.45) is 0 Å². The number of halogens is 4. The van der Waals surface area contributed by atoms with Crippen molar-refractivity contribution in [1.29, 1.82) is 0 Å². The van der Waals surface area contributed by atoms with Crippen molar-refractivity contribution in [3.05, 3.63) is 46.7 Å². The van der Waals surface area contributed by atoms with E-state index in [1.54, 1.807) is 6.92 Å². The number of rotatable bonds is 6. The summed E-state index contributed by atoms with van der Waals surface area (Å²) in [7, 11) is 0. The van der Waals surface area contributed by atoms with Crippen molar-refractivity contribution in [2.75, 3.05) is 13.2 Å². The molecule has 0 radical (unpaired) electrons. The fraction of sp³-hybridized carbons (Fsp3) is 0.286. The number of hydrogen-bond acceptors (Lipinski definition) is 4. The number of benzene rings is 1. The van der Waals surface area contributed by atoms with E-state index in [4.69, 9.17) is 4.74 Å². The predicted molar refractivity (Wildman–Crippen MR) is 66.9 cm³/mol. The summed E-state index contributed by atoms with van der Waals surface area (Å²) in [5.74, 6) is -10.4. The number of Topliss-reactive ketones (excluding diaryl/α,β-unsaturated/α-hetero) is 1. The lowest BCUT2D eigenvalue weighted by Gasteiger charge is -2.08. The third kappa shape index (κ3) is 3.63. The first-order valence-electron chi connectivity index (χ1n) is 6.21. The van der Waals surface area contributed by atoms with Crippen LogP contribution in [0.5, 0.6) is 0 Å². The Morgan fingerprint density at radius 1 is 1.05 bits per heavy atom. The van der Waals surface area contributed by atoms with Gasteiger partial charge in [-0.1, -0.05) is 0 Å². The van der Waals surface area contributed by atoms with Crippen LogP contribution in [0.2, 0.25) is 0 Å². The summed E-state index contributed by atoms with van der Waals surface area (Å²) in [5.41, 5.74) is -1.91. The quantitative estimate of drug-likeness (QED) is 0.0931. The first-order chi connectivity index (χ1) is 10.3. The van der Waals surface area contributed by atoms with Gasteiger partial charge in [-0.25, -0.2) is 22.4 Å². The summed E-state index contributed by atoms with van der Waals surface area (Å²) >= 11 is 0. The van der Waals surface area contributed by atoms with Gasteiger partial charge in [0.2, 0.25) is 5.78 Å². The normalized spacial score (nSPS) is 11.3. The standard InChI is InChI=1S/C14H12F4O4/c1-3-21-6-8(14(20)22-4-2)13(19)7-5-9(15)11(17)12(18)10(7)16/h5-6H,3-4H2,1-2H3. The summed E-state index contributed by atoms with van der Waals surface area (Å²) in [6, 6.07) is 0.162. The molecule has 22 heavy (non-hydrogen) atoms. The van der Waals surface area contributed by atoms with Gasteiger partial charge in [-0.2, -0.15) is 0 Å². The molecule has 0 heterocycles. The van der Waals surface area contributed by atoms with E-state index >= 15 is 0 Å². The second kappa shape index (κ2) is 7.58. The van der Waals surface area contributed by atoms with Crippen molar-refractivity contribution < 1.29 is 36.6 Å². The second-order valence-corrected chi connectivity index (χ2v) is 3.88. The van der Waals surface area contributed by atoms with E-state index in [0.717, 1.165) is 0 Å². The van der Waals surface area contributed by atoms with Crippen LogP contribution in [0, 0.1) is 23.3 Å². The first kappa shape index (κ1) is 17.7. The summed E-state index contributed by atoms with van der Waals surface area (Å²) in [6.45, 7) is 2.98. The van der Waals surface area contributed by atoms with Crippen LogP contribution in [0.15, 0.2) is 17.9 Å². The van der Waals surface area contributed by atoms with Gasteiger partial charge in [0, 0.05) is 0 Å². The van der Waals surface area contributed by atoms with Crippen molar-refractivity contribution >= 4 is 11.8 Å². The van der Waals surface area contributed by atoms with Crippen LogP contribution in [0.3, 0.4) is 0 Å². The molecule has 1 aromatic rings. The number of carbonyl (C=O) groups is 2. The van der Waals surface area contributed by atoms with Crippen LogP contribution in [-0.4, -0.2) is 25.0 Å². The molecule has 1 aromatic carbocycles. The Kier molecular flexibility index (Phi) is 6.09. The fourth-order valence-electron chi connectivity index (χ4n) is 1.45. The lowest BCUT2D eigenvalue weighted by molar-refractivity contribution is -0.138. The van der Waals surface area contributed by atoms with Crippen molar-refractivity contribution in [1.82, 2.24) is 0 Å². The van der Waals surface area contributed by atoms with E-state index in [1.165, 1.54) is 6.92 Å². The van der Waals surface area contributed by atoms with E-state index < -0.39 is 46.2 Å². The Morgan fingerprint density at radius 3 is 2.23 bits per heavy atom. The van der Waals surface area contributed by atoms with E-state index in [1.807, 2.05) is 0 Å². The lowest BCUT2D eigenvalue weighted by atomic mass is 10.0. The largest absolute Gasteiger partial charge is 0.500 e. The molecule has 0 unspecified atom stereocenters. The molecular formula is C14H12F4O4. The zero-order valence-electron chi connectivity index (χ0n) is 11.7. The highest BCUT2D eigenvalue weighted by atomic mass is 19.2. The number of ether oxygens (including phenoxy) is 2. The molecule has 0 spiro atoms. The molecule has 0 aliphatic heterocycles. The fourth-order valence-corrected chi connectivity index (χ4v) is 1.45. The monoisotopic (exact) mass is 320 g/mol. The Hall–Kier alpha value is -2.38. The topological polar surface area (TPSA) is 52.6 Å². The molecular weight excluding hydrogens is 308 g/mol. The van der Waals surface area contributed by atoms with Crippen LogP contribution < -0.4 is 0 Å². The van der Waals surface area contributed by atoms with Crippen LogP contribution in [0.25, 0.3) is 0 Å². The van der Waals surface area contributed by atoms with Gasteiger partial charge in [0.1, 0.15) is 11.8 Å². The Balaban J connectivity index is 3.34. The molecule has 0 aliphatic rings. The molecule has 0 aliphatic carbocycles. The van der Waals surface area contributed by atoms with Gasteiger partial charge >= 0.3 is 5.97 Å². The molecule has 0 atom stereocenters. The maximum Gasteiger partial charge on any atom is 0.345 e. The van der Waals surface area contributed by atoms with Gasteiger partial charge in [-0.05, 0) is 19.9 Å². The minimum absolute atomic E-state index is 0.0742. The highest BCUT2D eigenvalue weighted by Crippen LogP contribution is 2.21. The minimum Gasteiger partial charge on any atom is -0.500 e. The third-order valence-electron chi connectivity index (χ3n) is 2.46. The smallest absolute Gasteiger partial charge is 0.345 e. The highest BCUT2D eigenvalue weighted by molar-refractivity contribution is 6.24. The maximum absolute atomic E-state index is 13.6. The van der Waals surface area contributed by atoms with Gasteiger partial charge < -0.3 is 9.47 Å². The summed E-state index contributed by atoms with van der Waals surface area (Å²) in [4.78, 5) is 23.7. The van der Waals surface area contributed by atoms with E-state index in [2.05, 4.69) is 4.74 Å². The zero-order valence-corrected chi connectivity index (χ0v) is 11.7. The van der Waals surface area contributed by atoms with Crippen LogP contribution >= 0.6 is 0 Å². The van der Waals surface area contributed by atoms with E-state index in [0.29, 0.717) is 6.26 Å². The van der Waals surface area contributed by atoms with Crippen molar-refractivity contribution in [2.45, 2.75) is 13.8 Å². The van der Waals surface area contributed by atoms with Crippen molar-refractivity contribution in [3.63, 3.8) is 0 Å². The lowest BCUT2D eigenvalue weighted by Crippen LogP contribution is -2.19. The highest BCUT2D eigenvalue weighted by Gasteiger charge is 2.29. The maximum atomic E-state index is 13.6. The SMILES string of the molecule is CCOC=C(C(=O)OCC)C(=O)c1cc(F)c(F)c(F)c1F. The predicted octanol–water partition coefficient (Wildman–Crippen LogP) is 2.91. The van der Waals surface area contributed by atoms with Gasteiger partial charge in [0.15, 0.2) is 23.3 Å². The molecule has 0 amide bonds. The molecule has 0 saturated carbocycles. The second-order valence-electron chi connectivity index (χ2n) is 3.88. The molecule has 4 nitrogen and oxygen atoms in total. The molecule has 0 bridgehead atoms. The number of carbonyl (C=O) groups excluding carboxylic acids is 2. The summed E-state index contributed by atoms with van der Waals surface area (Å²) < 4.78 is 62.1. The average Bonchev–Trinajstić information content (AvgIpc) is 2.49. The van der Waals surface area contributed by atoms with Crippen LogP contribution in [0.1, 0.15) is 24.2 Å². The van der Waals surface area contributed by atoms with E-state index in [-0.39, 0.29) is 19.3 Å². The molecule has 1 rings (SSSR count). The minimum atomic E-state index is -2.15. The first-order valence-corrected chi connectivity index (χ1v) is 6.21. The number of esters is 1. The number of hydrogen-bond donors (Lipinski definition) is 0. The van der Waals surface area contributed by atoms with Crippen LogP contribution in [-0.2, 0) is 14.3 Å². The van der Waals surface area contributed by atoms with E-state index in [9.17, 15) is 27.2 Å². The molecule has 0 N–H and O–H groups in total. The molecule has 0 fully saturated rings.